The second kappa shape index (κ2) is 13.6. The summed E-state index contributed by atoms with van der Waals surface area (Å²) >= 11 is 2.97. The summed E-state index contributed by atoms with van der Waals surface area (Å²) in [5, 5.41) is 14.2. The highest BCUT2D eigenvalue weighted by atomic mass is 32.1. The predicted octanol–water partition coefficient (Wildman–Crippen LogP) is 6.22. The van der Waals surface area contributed by atoms with Crippen LogP contribution in [0.25, 0.3) is 21.1 Å². The van der Waals surface area contributed by atoms with Gasteiger partial charge < -0.3 is 0 Å². The first-order valence-corrected chi connectivity index (χ1v) is 12.7. The predicted molar refractivity (Wildman–Crippen MR) is 137 cm³/mol. The highest BCUT2D eigenvalue weighted by molar-refractivity contribution is 7.13. The number of nitrogens with one attached hydrogen (secondary N) is 1. The van der Waals surface area contributed by atoms with Gasteiger partial charge in [-0.2, -0.15) is 9.59 Å². The van der Waals surface area contributed by atoms with Gasteiger partial charge in [-0.15, -0.1) is 22.7 Å². The molecule has 2 aromatic carbocycles. The molecule has 0 bridgehead atoms. The van der Waals surface area contributed by atoms with E-state index in [0.717, 1.165) is 21.8 Å². The van der Waals surface area contributed by atoms with Gasteiger partial charge in [0.15, 0.2) is 0 Å². The number of carbonyl (C=O) groups excluding carboxylic acids is 3. The molecule has 0 aliphatic heterocycles. The summed E-state index contributed by atoms with van der Waals surface area (Å²) in [4.78, 5) is 36.7. The van der Waals surface area contributed by atoms with E-state index in [1.807, 2.05) is 0 Å². The number of benzene rings is 2. The first-order valence-electron chi connectivity index (χ1n) is 10.9. The lowest BCUT2D eigenvalue weighted by Crippen LogP contribution is -2.38. The maximum atomic E-state index is 12.9. The molecule has 2 aromatic heterocycles. The Balaban J connectivity index is 0.000000240. The topological polar surface area (TPSA) is 109 Å². The average Bonchev–Trinajstić information content (AvgIpc) is 3.56. The van der Waals surface area contributed by atoms with Crippen LogP contribution in [0.4, 0.5) is 8.78 Å². The number of hydrogen-bond donors (Lipinski definition) is 2. The molecule has 4 rings (SSSR count). The van der Waals surface area contributed by atoms with Gasteiger partial charge in [0.25, 0.3) is 5.91 Å². The molecule has 11 heteroatoms. The molecule has 194 valence electrons. The van der Waals surface area contributed by atoms with Crippen LogP contribution in [0.1, 0.15) is 45.0 Å². The van der Waals surface area contributed by atoms with Gasteiger partial charge in [-0.05, 0) is 68.3 Å². The normalized spacial score (nSPS) is 10.5. The van der Waals surface area contributed by atoms with E-state index >= 15 is 0 Å². The van der Waals surface area contributed by atoms with Crippen molar-refractivity contribution in [2.45, 2.75) is 39.0 Å². The molecule has 0 fully saturated rings. The third kappa shape index (κ3) is 8.19. The number of hydroxylamine groups is 1. The standard InChI is InChI=1S/C13H13FN2O2S.C12H12FNS.CO2/c1-13(2,12(17)16-18)10-7-19-11(15-10)8-3-5-9(14)6-4-8;1-8(2)11-7-15-12(14-11)9-3-5-10(13)6-4-9;2-1-3/h3-7,18H,1-2H3,(H,16,17);3-8H,1-2H3;. The van der Waals surface area contributed by atoms with Crippen molar-refractivity contribution < 1.29 is 28.4 Å². The highest BCUT2D eigenvalue weighted by Crippen LogP contribution is 2.30. The number of rotatable bonds is 5. The van der Waals surface area contributed by atoms with Gasteiger partial charge >= 0.3 is 6.15 Å². The Labute approximate surface area is 220 Å². The van der Waals surface area contributed by atoms with Crippen LogP contribution in [0.2, 0.25) is 0 Å². The Morgan fingerprint density at radius 1 is 0.892 bits per heavy atom. The monoisotopic (exact) mass is 545 g/mol. The first kappa shape index (κ1) is 29.6. The maximum Gasteiger partial charge on any atom is 0.373 e. The molecule has 0 aliphatic rings. The van der Waals surface area contributed by atoms with E-state index in [9.17, 15) is 13.6 Å². The van der Waals surface area contributed by atoms with Crippen LogP contribution in [0, 0.1) is 11.6 Å². The van der Waals surface area contributed by atoms with Gasteiger partial charge in [0.05, 0.1) is 16.8 Å². The fourth-order valence-corrected chi connectivity index (χ4v) is 4.80. The van der Waals surface area contributed by atoms with Gasteiger partial charge in [0, 0.05) is 21.9 Å². The van der Waals surface area contributed by atoms with E-state index in [1.165, 1.54) is 35.6 Å². The number of aromatic nitrogens is 2. The van der Waals surface area contributed by atoms with Crippen LogP contribution in [0.5, 0.6) is 0 Å². The van der Waals surface area contributed by atoms with Crippen LogP contribution in [-0.2, 0) is 19.8 Å². The van der Waals surface area contributed by atoms with Gasteiger partial charge in [0.1, 0.15) is 21.6 Å². The molecule has 0 atom stereocenters. The van der Waals surface area contributed by atoms with Crippen molar-refractivity contribution in [3.63, 3.8) is 0 Å². The summed E-state index contributed by atoms with van der Waals surface area (Å²) in [6.45, 7) is 7.57. The molecule has 0 spiro atoms. The molecule has 37 heavy (non-hydrogen) atoms. The minimum Gasteiger partial charge on any atom is -0.289 e. The van der Waals surface area contributed by atoms with Crippen molar-refractivity contribution in [2.24, 2.45) is 0 Å². The number of halogens is 2. The zero-order chi connectivity index (χ0) is 27.6. The van der Waals surface area contributed by atoms with E-state index in [0.29, 0.717) is 16.6 Å². The van der Waals surface area contributed by atoms with Crippen molar-refractivity contribution in [3.8, 4) is 21.1 Å². The van der Waals surface area contributed by atoms with E-state index in [4.69, 9.17) is 14.8 Å². The minimum atomic E-state index is -0.927. The Morgan fingerprint density at radius 3 is 1.73 bits per heavy atom. The average molecular weight is 546 g/mol. The zero-order valence-corrected chi connectivity index (χ0v) is 22.1. The molecular formula is C26H25F2N3O4S2. The van der Waals surface area contributed by atoms with Crippen molar-refractivity contribution in [1.29, 1.82) is 0 Å². The summed E-state index contributed by atoms with van der Waals surface area (Å²) in [6, 6.07) is 12.5. The molecule has 0 aliphatic carbocycles. The lowest BCUT2D eigenvalue weighted by atomic mass is 9.89. The van der Waals surface area contributed by atoms with E-state index in [1.54, 1.807) is 60.3 Å². The van der Waals surface area contributed by atoms with Crippen molar-refractivity contribution in [2.75, 3.05) is 0 Å². The molecule has 1 amide bonds. The number of nitrogens with zero attached hydrogens (tertiary/aromatic N) is 2. The molecule has 2 N–H and O–H groups in total. The molecule has 4 aromatic rings. The van der Waals surface area contributed by atoms with E-state index in [-0.39, 0.29) is 17.8 Å². The van der Waals surface area contributed by atoms with Crippen LogP contribution >= 0.6 is 22.7 Å². The first-order chi connectivity index (χ1) is 17.5. The molecule has 0 unspecified atom stereocenters. The Kier molecular flexibility index (Phi) is 10.9. The van der Waals surface area contributed by atoms with Crippen molar-refractivity contribution >= 4 is 34.7 Å². The van der Waals surface area contributed by atoms with Crippen LogP contribution in [0.15, 0.2) is 59.3 Å². The van der Waals surface area contributed by atoms with Crippen molar-refractivity contribution in [1.82, 2.24) is 15.4 Å². The Hall–Kier alpha value is -3.63. The third-order valence-electron chi connectivity index (χ3n) is 5.11. The van der Waals surface area contributed by atoms with E-state index < -0.39 is 11.3 Å². The minimum absolute atomic E-state index is 0.209. The van der Waals surface area contributed by atoms with Gasteiger partial charge in [-0.3, -0.25) is 10.0 Å². The van der Waals surface area contributed by atoms with Crippen LogP contribution < -0.4 is 5.48 Å². The molecule has 2 heterocycles. The highest BCUT2D eigenvalue weighted by Gasteiger charge is 2.32. The summed E-state index contributed by atoms with van der Waals surface area (Å²) < 4.78 is 25.6. The van der Waals surface area contributed by atoms with Crippen LogP contribution in [0.3, 0.4) is 0 Å². The quantitative estimate of drug-likeness (QED) is 0.228. The van der Waals surface area contributed by atoms with Crippen LogP contribution in [-0.4, -0.2) is 27.2 Å². The number of carbonyl (C=O) groups is 1. The lowest BCUT2D eigenvalue weighted by Gasteiger charge is -2.18. The Bertz CT molecular complexity index is 1330. The van der Waals surface area contributed by atoms with Crippen molar-refractivity contribution in [3.05, 3.63) is 82.3 Å². The fraction of sp³-hybridized carbons (Fsp3) is 0.231. The maximum absolute atomic E-state index is 12.9. The summed E-state index contributed by atoms with van der Waals surface area (Å²) in [5.74, 6) is -0.598. The fourth-order valence-electron chi connectivity index (χ4n) is 2.82. The largest absolute Gasteiger partial charge is 0.373 e. The lowest BCUT2D eigenvalue weighted by molar-refractivity contribution is -0.191. The molecular weight excluding hydrogens is 520 g/mol. The summed E-state index contributed by atoms with van der Waals surface area (Å²) in [5.41, 5.74) is 4.13. The summed E-state index contributed by atoms with van der Waals surface area (Å²) in [6.07, 6.45) is 0.250. The third-order valence-corrected chi connectivity index (χ3v) is 6.91. The van der Waals surface area contributed by atoms with Gasteiger partial charge in [-0.25, -0.2) is 24.2 Å². The number of thiazole rings is 2. The smallest absolute Gasteiger partial charge is 0.289 e. The molecule has 0 saturated carbocycles. The Morgan fingerprint density at radius 2 is 1.32 bits per heavy atom. The van der Waals surface area contributed by atoms with E-state index in [2.05, 4.69) is 29.2 Å². The molecule has 0 radical (unpaired) electrons. The second-order valence-corrected chi connectivity index (χ2v) is 10.1. The van der Waals surface area contributed by atoms with Gasteiger partial charge in [-0.1, -0.05) is 13.8 Å². The number of hydrogen-bond acceptors (Lipinski definition) is 8. The second-order valence-electron chi connectivity index (χ2n) is 8.43. The summed E-state index contributed by atoms with van der Waals surface area (Å²) in [7, 11) is 0. The SMILES string of the molecule is CC(C)(C(=O)NO)c1csc(-c2ccc(F)cc2)n1.CC(C)c1csc(-c2ccc(F)cc2)n1.O=C=O. The molecule has 0 saturated heterocycles. The van der Waals surface area contributed by atoms with Gasteiger partial charge in [0.2, 0.25) is 0 Å². The zero-order valence-electron chi connectivity index (χ0n) is 20.5. The molecule has 7 nitrogen and oxygen atoms in total. The number of amides is 1.